The first-order valence-corrected chi connectivity index (χ1v) is 8.65. The summed E-state index contributed by atoms with van der Waals surface area (Å²) in [5.74, 6) is 0. The van der Waals surface area contributed by atoms with Crippen molar-refractivity contribution in [2.24, 2.45) is 0 Å². The van der Waals surface area contributed by atoms with Gasteiger partial charge in [-0.3, -0.25) is 0 Å². The van der Waals surface area contributed by atoms with E-state index in [2.05, 4.69) is 102 Å². The number of allylic oxidation sites excluding steroid dienone is 3. The van der Waals surface area contributed by atoms with Gasteiger partial charge in [0.05, 0.1) is 0 Å². The minimum Gasteiger partial charge on any atom is -0.310 e. The third kappa shape index (κ3) is 4.48. The molecule has 0 aromatic heterocycles. The zero-order chi connectivity index (χ0) is 17.3. The summed E-state index contributed by atoms with van der Waals surface area (Å²) < 4.78 is 0. The van der Waals surface area contributed by atoms with E-state index >= 15 is 0 Å². The quantitative estimate of drug-likeness (QED) is 0.430. The lowest BCUT2D eigenvalue weighted by Gasteiger charge is -2.25. The Morgan fingerprint density at radius 3 is 1.92 bits per heavy atom. The first-order chi connectivity index (χ1) is 12.4. The molecule has 1 heteroatoms. The maximum absolute atomic E-state index is 3.72. The molecule has 0 heterocycles. The number of hydrogen-bond acceptors (Lipinski definition) is 1. The van der Waals surface area contributed by atoms with Gasteiger partial charge in [0.1, 0.15) is 0 Å². The van der Waals surface area contributed by atoms with Gasteiger partial charge in [0, 0.05) is 17.1 Å². The third-order valence-corrected chi connectivity index (χ3v) is 4.07. The van der Waals surface area contributed by atoms with Crippen molar-refractivity contribution in [2.45, 2.75) is 12.8 Å². The van der Waals surface area contributed by atoms with Gasteiger partial charge in [0.2, 0.25) is 0 Å². The van der Waals surface area contributed by atoms with Crippen LogP contribution < -0.4 is 4.90 Å². The Balaban J connectivity index is 1.94. The minimum absolute atomic E-state index is 1.02. The Morgan fingerprint density at radius 2 is 1.32 bits per heavy atom. The van der Waals surface area contributed by atoms with Crippen LogP contribution in [0.25, 0.3) is 0 Å². The van der Waals surface area contributed by atoms with Crippen LogP contribution in [-0.2, 0) is 6.42 Å². The average molecular weight is 325 g/mol. The molecule has 0 amide bonds. The van der Waals surface area contributed by atoms with E-state index in [0.717, 1.165) is 24.2 Å². The number of benzene rings is 3. The number of hydrogen-bond donors (Lipinski definition) is 0. The number of aryl methyl sites for hydroxylation is 1. The second-order valence-corrected chi connectivity index (χ2v) is 5.88. The van der Waals surface area contributed by atoms with Crippen LogP contribution in [0.2, 0.25) is 0 Å². The van der Waals surface area contributed by atoms with Crippen molar-refractivity contribution in [2.75, 3.05) is 4.90 Å². The van der Waals surface area contributed by atoms with E-state index < -0.39 is 0 Å². The molecule has 0 aliphatic rings. The summed E-state index contributed by atoms with van der Waals surface area (Å²) in [6, 6.07) is 29.8. The van der Waals surface area contributed by atoms with Crippen molar-refractivity contribution < 1.29 is 0 Å². The van der Waals surface area contributed by atoms with E-state index in [1.807, 2.05) is 12.2 Å². The lowest BCUT2D eigenvalue weighted by Crippen LogP contribution is -2.09. The summed E-state index contributed by atoms with van der Waals surface area (Å²) in [6.45, 7) is 3.72. The summed E-state index contributed by atoms with van der Waals surface area (Å²) in [7, 11) is 0. The molecule has 25 heavy (non-hydrogen) atoms. The SMILES string of the molecule is C=C/C=C/CCc1cccc(N(c2ccccc2)c2ccccc2)c1. The topological polar surface area (TPSA) is 3.24 Å². The van der Waals surface area contributed by atoms with E-state index in [0.29, 0.717) is 0 Å². The average Bonchev–Trinajstić information content (AvgIpc) is 2.68. The van der Waals surface area contributed by atoms with Crippen molar-refractivity contribution in [3.05, 3.63) is 115 Å². The number of anilines is 3. The van der Waals surface area contributed by atoms with E-state index in [1.165, 1.54) is 11.3 Å². The molecule has 0 aliphatic heterocycles. The van der Waals surface area contributed by atoms with Gasteiger partial charge in [0.15, 0.2) is 0 Å². The molecule has 3 rings (SSSR count). The van der Waals surface area contributed by atoms with Crippen molar-refractivity contribution in [3.8, 4) is 0 Å². The standard InChI is InChI=1S/C24H23N/c1-2-3-4-7-13-21-14-12-19-24(20-21)25(22-15-8-5-9-16-22)23-17-10-6-11-18-23/h2-6,8-12,14-20H,1,7,13H2/b4-3+. The van der Waals surface area contributed by atoms with E-state index in [9.17, 15) is 0 Å². The Labute approximate surface area is 150 Å². The van der Waals surface area contributed by atoms with Gasteiger partial charge in [-0.05, 0) is 54.8 Å². The fourth-order valence-electron chi connectivity index (χ4n) is 2.89. The highest BCUT2D eigenvalue weighted by molar-refractivity contribution is 5.76. The molecule has 0 saturated heterocycles. The van der Waals surface area contributed by atoms with E-state index in [-0.39, 0.29) is 0 Å². The number of rotatable bonds is 7. The normalized spacial score (nSPS) is 10.7. The Hall–Kier alpha value is -3.06. The predicted octanol–water partition coefficient (Wildman–Crippen LogP) is 6.83. The second kappa shape index (κ2) is 8.70. The van der Waals surface area contributed by atoms with Gasteiger partial charge in [-0.15, -0.1) is 0 Å². The van der Waals surface area contributed by atoms with Crippen molar-refractivity contribution in [3.63, 3.8) is 0 Å². The minimum atomic E-state index is 1.02. The smallest absolute Gasteiger partial charge is 0.0464 e. The first kappa shape index (κ1) is 16.8. The van der Waals surface area contributed by atoms with Crippen LogP contribution in [0.15, 0.2) is 110 Å². The molecule has 124 valence electrons. The van der Waals surface area contributed by atoms with Crippen LogP contribution in [0.5, 0.6) is 0 Å². The largest absolute Gasteiger partial charge is 0.310 e. The van der Waals surface area contributed by atoms with Crippen LogP contribution >= 0.6 is 0 Å². The van der Waals surface area contributed by atoms with E-state index in [4.69, 9.17) is 0 Å². The van der Waals surface area contributed by atoms with Gasteiger partial charge in [-0.1, -0.05) is 73.3 Å². The van der Waals surface area contributed by atoms with Crippen LogP contribution in [0.4, 0.5) is 17.1 Å². The fraction of sp³-hybridized carbons (Fsp3) is 0.0833. The third-order valence-electron chi connectivity index (χ3n) is 4.07. The second-order valence-electron chi connectivity index (χ2n) is 5.88. The van der Waals surface area contributed by atoms with Crippen molar-refractivity contribution in [1.29, 1.82) is 0 Å². The zero-order valence-electron chi connectivity index (χ0n) is 14.4. The highest BCUT2D eigenvalue weighted by Gasteiger charge is 2.11. The molecule has 0 unspecified atom stereocenters. The van der Waals surface area contributed by atoms with Crippen molar-refractivity contribution >= 4 is 17.1 Å². The van der Waals surface area contributed by atoms with Crippen molar-refractivity contribution in [1.82, 2.24) is 0 Å². The summed E-state index contributed by atoms with van der Waals surface area (Å²) >= 11 is 0. The van der Waals surface area contributed by atoms with Gasteiger partial charge >= 0.3 is 0 Å². The van der Waals surface area contributed by atoms with Gasteiger partial charge < -0.3 is 4.90 Å². The molecule has 0 fully saturated rings. The molecule has 0 N–H and O–H groups in total. The molecule has 1 nitrogen and oxygen atoms in total. The van der Waals surface area contributed by atoms with Crippen LogP contribution in [-0.4, -0.2) is 0 Å². The molecule has 3 aromatic rings. The molecule has 3 aromatic carbocycles. The molecule has 0 atom stereocenters. The van der Waals surface area contributed by atoms with Crippen LogP contribution in [0, 0.1) is 0 Å². The summed E-state index contributed by atoms with van der Waals surface area (Å²) in [5.41, 5.74) is 4.85. The first-order valence-electron chi connectivity index (χ1n) is 8.65. The van der Waals surface area contributed by atoms with Crippen LogP contribution in [0.1, 0.15) is 12.0 Å². The molecule has 0 saturated carbocycles. The summed E-state index contributed by atoms with van der Waals surface area (Å²) in [5, 5.41) is 0. The number of para-hydroxylation sites is 2. The fourth-order valence-corrected chi connectivity index (χ4v) is 2.89. The maximum atomic E-state index is 3.72. The maximum Gasteiger partial charge on any atom is 0.0464 e. The number of nitrogens with zero attached hydrogens (tertiary/aromatic N) is 1. The molecule has 0 radical (unpaired) electrons. The van der Waals surface area contributed by atoms with Gasteiger partial charge in [0.25, 0.3) is 0 Å². The lowest BCUT2D eigenvalue weighted by molar-refractivity contribution is 1.00. The predicted molar refractivity (Wildman–Crippen MR) is 109 cm³/mol. The molecular weight excluding hydrogens is 302 g/mol. The van der Waals surface area contributed by atoms with E-state index in [1.54, 1.807) is 0 Å². The Bertz CT molecular complexity index is 779. The van der Waals surface area contributed by atoms with Crippen LogP contribution in [0.3, 0.4) is 0 Å². The summed E-state index contributed by atoms with van der Waals surface area (Å²) in [6.07, 6.45) is 8.03. The highest BCUT2D eigenvalue weighted by Crippen LogP contribution is 2.34. The molecule has 0 aliphatic carbocycles. The lowest BCUT2D eigenvalue weighted by atomic mass is 10.1. The molecular formula is C24H23N. The Morgan fingerprint density at radius 1 is 0.720 bits per heavy atom. The molecule has 0 spiro atoms. The monoisotopic (exact) mass is 325 g/mol. The van der Waals surface area contributed by atoms with Gasteiger partial charge in [-0.2, -0.15) is 0 Å². The molecule has 0 bridgehead atoms. The van der Waals surface area contributed by atoms with Gasteiger partial charge in [-0.25, -0.2) is 0 Å². The highest BCUT2D eigenvalue weighted by atomic mass is 15.1. The zero-order valence-corrected chi connectivity index (χ0v) is 14.4. The Kier molecular flexibility index (Phi) is 5.84. The summed E-state index contributed by atoms with van der Waals surface area (Å²) in [4.78, 5) is 2.29.